The molecular formula is C19H21F3N2O2S. The van der Waals surface area contributed by atoms with Gasteiger partial charge in [-0.3, -0.25) is 4.79 Å². The maximum absolute atomic E-state index is 13.5. The van der Waals surface area contributed by atoms with Crippen LogP contribution in [0, 0.1) is 6.92 Å². The highest BCUT2D eigenvalue weighted by atomic mass is 32.1. The van der Waals surface area contributed by atoms with Crippen molar-refractivity contribution < 1.29 is 23.1 Å². The summed E-state index contributed by atoms with van der Waals surface area (Å²) in [6.07, 6.45) is -3.36. The Hall–Kier alpha value is -1.93. The lowest BCUT2D eigenvalue weighted by atomic mass is 9.64. The molecule has 27 heavy (non-hydrogen) atoms. The van der Waals surface area contributed by atoms with E-state index < -0.39 is 29.1 Å². The maximum Gasteiger partial charge on any atom is 0.424 e. The number of alkyl halides is 3. The van der Waals surface area contributed by atoms with E-state index in [9.17, 15) is 23.1 Å². The van der Waals surface area contributed by atoms with Gasteiger partial charge in [0.05, 0.1) is 6.42 Å². The number of carbonyl (C=O) groups excluding carboxylic acids is 1. The van der Waals surface area contributed by atoms with E-state index in [0.717, 1.165) is 24.8 Å². The van der Waals surface area contributed by atoms with Crippen LogP contribution in [0.3, 0.4) is 0 Å². The number of benzene rings is 1. The second-order valence-corrected chi connectivity index (χ2v) is 7.96. The Balaban J connectivity index is 1.72. The second kappa shape index (κ2) is 7.24. The fraction of sp³-hybridized carbons (Fsp3) is 0.474. The lowest BCUT2D eigenvalue weighted by Crippen LogP contribution is -2.49. The number of rotatable bonds is 6. The van der Waals surface area contributed by atoms with Crippen molar-refractivity contribution in [3.63, 3.8) is 0 Å². The number of aromatic nitrogens is 1. The standard InChI is InChI=1S/C19H21F3N2O2S/c1-13-11-27-16(24-13)18(26,19(20,21)22)10-15(25)23-12-17(8-5-9-17)14-6-3-2-4-7-14/h2-4,6-7,11,26H,5,8-10,12H2,1H3,(H,23,25)/t18-/m1/s1. The van der Waals surface area contributed by atoms with Crippen LogP contribution in [0.15, 0.2) is 35.7 Å². The average molecular weight is 398 g/mol. The van der Waals surface area contributed by atoms with Crippen molar-refractivity contribution in [2.24, 2.45) is 0 Å². The molecule has 1 aromatic heterocycles. The molecule has 0 radical (unpaired) electrons. The summed E-state index contributed by atoms with van der Waals surface area (Å²) in [5, 5.41) is 13.8. The van der Waals surface area contributed by atoms with Gasteiger partial charge >= 0.3 is 6.18 Å². The number of nitrogens with one attached hydrogen (secondary N) is 1. The number of aliphatic hydroxyl groups is 1. The first kappa shape index (κ1) is 19.8. The molecule has 0 aliphatic heterocycles. The zero-order chi connectivity index (χ0) is 19.7. The summed E-state index contributed by atoms with van der Waals surface area (Å²) in [7, 11) is 0. The molecule has 0 spiro atoms. The molecule has 0 bridgehead atoms. The van der Waals surface area contributed by atoms with Crippen molar-refractivity contribution in [2.45, 2.75) is 49.8 Å². The molecule has 4 nitrogen and oxygen atoms in total. The Morgan fingerprint density at radius 1 is 1.30 bits per heavy atom. The van der Waals surface area contributed by atoms with Gasteiger partial charge in [-0.15, -0.1) is 11.3 Å². The van der Waals surface area contributed by atoms with Crippen LogP contribution in [0.4, 0.5) is 13.2 Å². The Labute approximate surface area is 159 Å². The monoisotopic (exact) mass is 398 g/mol. The first-order valence-corrected chi connectivity index (χ1v) is 9.58. The van der Waals surface area contributed by atoms with E-state index >= 15 is 0 Å². The third-order valence-electron chi connectivity index (χ3n) is 5.18. The van der Waals surface area contributed by atoms with Crippen LogP contribution in [0.5, 0.6) is 0 Å². The van der Waals surface area contributed by atoms with Crippen molar-refractivity contribution in [1.82, 2.24) is 10.3 Å². The Bertz CT molecular complexity index is 803. The number of aryl methyl sites for hydroxylation is 1. The van der Waals surface area contributed by atoms with E-state index in [0.29, 0.717) is 17.0 Å². The molecule has 1 saturated carbocycles. The van der Waals surface area contributed by atoms with Gasteiger partial charge in [0.25, 0.3) is 0 Å². The number of amides is 1. The van der Waals surface area contributed by atoms with Gasteiger partial charge in [-0.2, -0.15) is 13.2 Å². The quantitative estimate of drug-likeness (QED) is 0.777. The molecule has 0 saturated heterocycles. The summed E-state index contributed by atoms with van der Waals surface area (Å²) in [4.78, 5) is 16.1. The van der Waals surface area contributed by atoms with Crippen LogP contribution in [0.2, 0.25) is 0 Å². The van der Waals surface area contributed by atoms with Gasteiger partial charge in [-0.1, -0.05) is 36.8 Å². The van der Waals surface area contributed by atoms with E-state index in [1.807, 2.05) is 30.3 Å². The molecule has 1 aliphatic carbocycles. The normalized spacial score (nSPS) is 18.4. The van der Waals surface area contributed by atoms with Gasteiger partial charge in [0.15, 0.2) is 0 Å². The summed E-state index contributed by atoms with van der Waals surface area (Å²) >= 11 is 0.700. The Kier molecular flexibility index (Phi) is 5.31. The first-order valence-electron chi connectivity index (χ1n) is 8.70. The van der Waals surface area contributed by atoms with Crippen molar-refractivity contribution in [2.75, 3.05) is 6.54 Å². The lowest BCUT2D eigenvalue weighted by molar-refractivity contribution is -0.267. The number of nitrogens with zero attached hydrogens (tertiary/aromatic N) is 1. The van der Waals surface area contributed by atoms with Crippen molar-refractivity contribution >= 4 is 17.2 Å². The van der Waals surface area contributed by atoms with E-state index in [-0.39, 0.29) is 12.0 Å². The molecule has 146 valence electrons. The molecule has 1 fully saturated rings. The van der Waals surface area contributed by atoms with Crippen LogP contribution in [0.25, 0.3) is 0 Å². The van der Waals surface area contributed by atoms with Crippen molar-refractivity contribution in [3.8, 4) is 0 Å². The van der Waals surface area contributed by atoms with E-state index in [1.54, 1.807) is 0 Å². The average Bonchev–Trinajstić information content (AvgIpc) is 3.01. The molecule has 1 amide bonds. The summed E-state index contributed by atoms with van der Waals surface area (Å²) in [5.74, 6) is -0.843. The largest absolute Gasteiger partial charge is 0.424 e. The molecule has 1 aromatic carbocycles. The molecular weight excluding hydrogens is 377 g/mol. The van der Waals surface area contributed by atoms with Crippen LogP contribution >= 0.6 is 11.3 Å². The van der Waals surface area contributed by atoms with Gasteiger partial charge in [0.1, 0.15) is 5.01 Å². The topological polar surface area (TPSA) is 62.2 Å². The van der Waals surface area contributed by atoms with Crippen LogP contribution < -0.4 is 5.32 Å². The fourth-order valence-corrected chi connectivity index (χ4v) is 4.28. The molecule has 2 N–H and O–H groups in total. The minimum atomic E-state index is -5.00. The van der Waals surface area contributed by atoms with Crippen molar-refractivity contribution in [3.05, 3.63) is 52.0 Å². The summed E-state index contributed by atoms with van der Waals surface area (Å²) in [6.45, 7) is 1.79. The highest BCUT2D eigenvalue weighted by Crippen LogP contribution is 2.44. The van der Waals surface area contributed by atoms with Crippen LogP contribution in [0.1, 0.15) is 41.9 Å². The Morgan fingerprint density at radius 2 is 1.96 bits per heavy atom. The van der Waals surface area contributed by atoms with E-state index in [1.165, 1.54) is 12.3 Å². The van der Waals surface area contributed by atoms with Crippen LogP contribution in [-0.4, -0.2) is 28.7 Å². The third kappa shape index (κ3) is 3.87. The van der Waals surface area contributed by atoms with E-state index in [2.05, 4.69) is 10.3 Å². The first-order chi connectivity index (χ1) is 12.7. The molecule has 1 heterocycles. The number of hydrogen-bond donors (Lipinski definition) is 2. The predicted molar refractivity (Wildman–Crippen MR) is 96.4 cm³/mol. The summed E-state index contributed by atoms with van der Waals surface area (Å²) in [6, 6.07) is 9.65. The number of hydrogen-bond acceptors (Lipinski definition) is 4. The molecule has 1 atom stereocenters. The zero-order valence-corrected chi connectivity index (χ0v) is 15.7. The minimum absolute atomic E-state index is 0.245. The van der Waals surface area contributed by atoms with Crippen LogP contribution in [-0.2, 0) is 15.8 Å². The van der Waals surface area contributed by atoms with Gasteiger partial charge in [0.2, 0.25) is 11.5 Å². The summed E-state index contributed by atoms with van der Waals surface area (Å²) < 4.78 is 40.5. The van der Waals surface area contributed by atoms with Gasteiger partial charge < -0.3 is 10.4 Å². The number of thiazole rings is 1. The highest BCUT2D eigenvalue weighted by Gasteiger charge is 2.58. The molecule has 0 unspecified atom stereocenters. The fourth-order valence-electron chi connectivity index (χ4n) is 3.37. The van der Waals surface area contributed by atoms with E-state index in [4.69, 9.17) is 0 Å². The molecule has 8 heteroatoms. The molecule has 3 rings (SSSR count). The number of carbonyl (C=O) groups is 1. The predicted octanol–water partition coefficient (Wildman–Crippen LogP) is 3.83. The maximum atomic E-state index is 13.5. The molecule has 2 aromatic rings. The highest BCUT2D eigenvalue weighted by molar-refractivity contribution is 7.09. The SMILES string of the molecule is Cc1csc([C@](O)(CC(=O)NCC2(c3ccccc3)CCC2)C(F)(F)F)n1. The second-order valence-electron chi connectivity index (χ2n) is 7.11. The lowest BCUT2D eigenvalue weighted by Gasteiger charge is -2.42. The van der Waals surface area contributed by atoms with Crippen molar-refractivity contribution in [1.29, 1.82) is 0 Å². The third-order valence-corrected chi connectivity index (χ3v) is 6.29. The summed E-state index contributed by atoms with van der Waals surface area (Å²) in [5.41, 5.74) is -2.09. The smallest absolute Gasteiger partial charge is 0.374 e. The number of halogens is 3. The molecule has 1 aliphatic rings. The Morgan fingerprint density at radius 3 is 2.44 bits per heavy atom. The minimum Gasteiger partial charge on any atom is -0.374 e. The van der Waals surface area contributed by atoms with Gasteiger partial charge in [-0.05, 0) is 25.3 Å². The van der Waals surface area contributed by atoms with Gasteiger partial charge in [-0.25, -0.2) is 4.98 Å². The zero-order valence-electron chi connectivity index (χ0n) is 14.8. The van der Waals surface area contributed by atoms with Gasteiger partial charge in [0, 0.05) is 23.0 Å².